The summed E-state index contributed by atoms with van der Waals surface area (Å²) in [6.07, 6.45) is 1.66. The highest BCUT2D eigenvalue weighted by atomic mass is 16.2. The molecule has 0 radical (unpaired) electrons. The fraction of sp³-hybridized carbons (Fsp3) is 0.286. The van der Waals surface area contributed by atoms with Crippen LogP contribution in [0.5, 0.6) is 0 Å². The minimum atomic E-state index is -0.279. The van der Waals surface area contributed by atoms with Gasteiger partial charge in [-0.05, 0) is 38.0 Å². The lowest BCUT2D eigenvalue weighted by Crippen LogP contribution is -2.15. The van der Waals surface area contributed by atoms with Gasteiger partial charge in [0.05, 0.1) is 5.69 Å². The van der Waals surface area contributed by atoms with E-state index in [1.807, 2.05) is 39.0 Å². The first kappa shape index (κ1) is 13.1. The number of amides is 1. The van der Waals surface area contributed by atoms with Crippen molar-refractivity contribution >= 4 is 17.3 Å². The van der Waals surface area contributed by atoms with Gasteiger partial charge in [0.2, 0.25) is 0 Å². The first-order chi connectivity index (χ1) is 9.02. The zero-order chi connectivity index (χ0) is 14.0. The predicted molar refractivity (Wildman–Crippen MR) is 76.2 cm³/mol. The molecule has 1 amide bonds. The second kappa shape index (κ2) is 5.14. The smallest absolute Gasteiger partial charge is 0.278 e. The van der Waals surface area contributed by atoms with Gasteiger partial charge in [0, 0.05) is 18.4 Å². The van der Waals surface area contributed by atoms with Crippen molar-refractivity contribution in [2.24, 2.45) is 0 Å². The van der Waals surface area contributed by atoms with Crippen LogP contribution in [0.2, 0.25) is 0 Å². The molecule has 19 heavy (non-hydrogen) atoms. The average Bonchev–Trinajstić information content (AvgIpc) is 2.76. The third kappa shape index (κ3) is 2.59. The van der Waals surface area contributed by atoms with Gasteiger partial charge >= 0.3 is 0 Å². The highest BCUT2D eigenvalue weighted by Crippen LogP contribution is 2.19. The van der Waals surface area contributed by atoms with Crippen LogP contribution < -0.4 is 11.1 Å². The Kier molecular flexibility index (Phi) is 3.55. The number of benzene rings is 1. The minimum Gasteiger partial charge on any atom is -0.396 e. The summed E-state index contributed by atoms with van der Waals surface area (Å²) in [7, 11) is 0. The third-order valence-electron chi connectivity index (χ3n) is 3.18. The summed E-state index contributed by atoms with van der Waals surface area (Å²) in [6, 6.07) is 5.78. The summed E-state index contributed by atoms with van der Waals surface area (Å²) >= 11 is 0. The summed E-state index contributed by atoms with van der Waals surface area (Å²) in [4.78, 5) is 12.2. The third-order valence-corrected chi connectivity index (χ3v) is 3.18. The number of hydrogen-bond acceptors (Lipinski definition) is 3. The van der Waals surface area contributed by atoms with Crippen molar-refractivity contribution < 1.29 is 4.79 Å². The van der Waals surface area contributed by atoms with E-state index in [2.05, 4.69) is 10.4 Å². The molecule has 0 spiro atoms. The molecule has 0 saturated carbocycles. The van der Waals surface area contributed by atoms with E-state index in [9.17, 15) is 4.79 Å². The Morgan fingerprint density at radius 3 is 2.79 bits per heavy atom. The average molecular weight is 258 g/mol. The summed E-state index contributed by atoms with van der Waals surface area (Å²) in [5, 5.41) is 7.01. The number of nitrogens with two attached hydrogens (primary N) is 1. The van der Waals surface area contributed by atoms with Gasteiger partial charge in [0.1, 0.15) is 0 Å². The lowest BCUT2D eigenvalue weighted by molar-refractivity contribution is 0.102. The second-order valence-corrected chi connectivity index (χ2v) is 4.49. The molecule has 2 rings (SSSR count). The molecule has 0 unspecified atom stereocenters. The predicted octanol–water partition coefficient (Wildman–Crippen LogP) is 2.35. The normalized spacial score (nSPS) is 10.5. The maximum absolute atomic E-state index is 12.2. The van der Waals surface area contributed by atoms with Crippen LogP contribution in [0.1, 0.15) is 28.5 Å². The lowest BCUT2D eigenvalue weighted by atomic mass is 10.1. The van der Waals surface area contributed by atoms with Gasteiger partial charge < -0.3 is 11.1 Å². The Hall–Kier alpha value is -2.30. The Bertz CT molecular complexity index is 616. The van der Waals surface area contributed by atoms with Crippen molar-refractivity contribution in [2.45, 2.75) is 27.3 Å². The number of anilines is 2. The second-order valence-electron chi connectivity index (χ2n) is 4.49. The molecule has 3 N–H and O–H groups in total. The molecule has 0 atom stereocenters. The SMILES string of the molecule is CCn1cc(N)c(C(=O)Nc2cccc(C)c2C)n1. The number of nitrogens with one attached hydrogen (secondary N) is 1. The van der Waals surface area contributed by atoms with Gasteiger partial charge in [0.25, 0.3) is 5.91 Å². The highest BCUT2D eigenvalue weighted by molar-refractivity contribution is 6.06. The van der Waals surface area contributed by atoms with Crippen molar-refractivity contribution in [1.82, 2.24) is 9.78 Å². The molecule has 0 saturated heterocycles. The monoisotopic (exact) mass is 258 g/mol. The van der Waals surface area contributed by atoms with E-state index in [4.69, 9.17) is 5.73 Å². The number of aromatic nitrogens is 2. The minimum absolute atomic E-state index is 0.266. The van der Waals surface area contributed by atoms with Crippen LogP contribution in [0.15, 0.2) is 24.4 Å². The molecule has 100 valence electrons. The van der Waals surface area contributed by atoms with E-state index >= 15 is 0 Å². The lowest BCUT2D eigenvalue weighted by Gasteiger charge is -2.09. The van der Waals surface area contributed by atoms with Crippen LogP contribution in [-0.4, -0.2) is 15.7 Å². The standard InChI is InChI=1S/C14H18N4O/c1-4-18-8-11(15)13(17-18)14(19)16-12-7-5-6-9(2)10(12)3/h5-8H,4,15H2,1-3H3,(H,16,19). The maximum Gasteiger partial charge on any atom is 0.278 e. The van der Waals surface area contributed by atoms with Crippen LogP contribution in [0.4, 0.5) is 11.4 Å². The van der Waals surface area contributed by atoms with Gasteiger partial charge in [-0.15, -0.1) is 0 Å². The van der Waals surface area contributed by atoms with Crippen LogP contribution in [-0.2, 0) is 6.54 Å². The van der Waals surface area contributed by atoms with Crippen molar-refractivity contribution in [3.63, 3.8) is 0 Å². The summed E-state index contributed by atoms with van der Waals surface area (Å²) in [6.45, 7) is 6.60. The molecule has 2 aromatic rings. The van der Waals surface area contributed by atoms with Crippen LogP contribution in [0.25, 0.3) is 0 Å². The number of hydrogen-bond donors (Lipinski definition) is 2. The Morgan fingerprint density at radius 2 is 2.16 bits per heavy atom. The zero-order valence-corrected chi connectivity index (χ0v) is 11.4. The van der Waals surface area contributed by atoms with Crippen molar-refractivity contribution in [3.05, 3.63) is 41.2 Å². The van der Waals surface area contributed by atoms with Crippen LogP contribution in [0.3, 0.4) is 0 Å². The van der Waals surface area contributed by atoms with Crippen molar-refractivity contribution in [2.75, 3.05) is 11.1 Å². The molecule has 5 nitrogen and oxygen atoms in total. The van der Waals surface area contributed by atoms with Gasteiger partial charge in [-0.2, -0.15) is 5.10 Å². The summed E-state index contributed by atoms with van der Waals surface area (Å²) < 4.78 is 1.65. The van der Waals surface area contributed by atoms with Crippen molar-refractivity contribution in [1.29, 1.82) is 0 Å². The molecule has 1 aromatic heterocycles. The Balaban J connectivity index is 2.25. The van der Waals surface area contributed by atoms with E-state index in [1.165, 1.54) is 0 Å². The number of carbonyl (C=O) groups is 1. The van der Waals surface area contributed by atoms with Gasteiger partial charge in [-0.25, -0.2) is 0 Å². The van der Waals surface area contributed by atoms with E-state index in [1.54, 1.807) is 10.9 Å². The number of nitrogens with zero attached hydrogens (tertiary/aromatic N) is 2. The summed E-state index contributed by atoms with van der Waals surface area (Å²) in [5.74, 6) is -0.279. The topological polar surface area (TPSA) is 72.9 Å². The molecular formula is C14H18N4O. The van der Waals surface area contributed by atoms with Crippen LogP contribution >= 0.6 is 0 Å². The van der Waals surface area contributed by atoms with Crippen molar-refractivity contribution in [3.8, 4) is 0 Å². The van der Waals surface area contributed by atoms with Crippen LogP contribution in [0, 0.1) is 13.8 Å². The maximum atomic E-state index is 12.2. The molecule has 0 bridgehead atoms. The highest BCUT2D eigenvalue weighted by Gasteiger charge is 2.15. The Morgan fingerprint density at radius 1 is 1.42 bits per heavy atom. The van der Waals surface area contributed by atoms with E-state index < -0.39 is 0 Å². The fourth-order valence-electron chi connectivity index (χ4n) is 1.84. The molecule has 0 aliphatic carbocycles. The molecule has 0 aliphatic rings. The molecule has 0 aliphatic heterocycles. The molecule has 0 fully saturated rings. The molecule has 1 heterocycles. The summed E-state index contributed by atoms with van der Waals surface area (Å²) in [5.41, 5.74) is 9.42. The molecule has 5 heteroatoms. The Labute approximate surface area is 112 Å². The first-order valence-electron chi connectivity index (χ1n) is 6.23. The fourth-order valence-corrected chi connectivity index (χ4v) is 1.84. The molecule has 1 aromatic carbocycles. The van der Waals surface area contributed by atoms with Gasteiger partial charge in [-0.1, -0.05) is 12.1 Å². The van der Waals surface area contributed by atoms with E-state index in [-0.39, 0.29) is 11.6 Å². The number of aryl methyl sites for hydroxylation is 2. The number of carbonyl (C=O) groups excluding carboxylic acids is 1. The van der Waals surface area contributed by atoms with E-state index in [0.717, 1.165) is 16.8 Å². The largest absolute Gasteiger partial charge is 0.396 e. The van der Waals surface area contributed by atoms with E-state index in [0.29, 0.717) is 12.2 Å². The quantitative estimate of drug-likeness (QED) is 0.887. The van der Waals surface area contributed by atoms with Gasteiger partial charge in [0.15, 0.2) is 5.69 Å². The first-order valence-corrected chi connectivity index (χ1v) is 6.23. The van der Waals surface area contributed by atoms with Gasteiger partial charge in [-0.3, -0.25) is 9.48 Å². The number of rotatable bonds is 3. The number of nitrogen functional groups attached to an aromatic ring is 1. The zero-order valence-electron chi connectivity index (χ0n) is 11.4. The molecular weight excluding hydrogens is 240 g/mol.